The van der Waals surface area contributed by atoms with Crippen molar-refractivity contribution in [3.05, 3.63) is 12.3 Å². The monoisotopic (exact) mass is 228 g/mol. The number of hydrogen-bond donors (Lipinski definition) is 1. The highest BCUT2D eigenvalue weighted by Gasteiger charge is 1.96. The van der Waals surface area contributed by atoms with Crippen molar-refractivity contribution in [1.82, 2.24) is 0 Å². The molecule has 0 bridgehead atoms. The minimum atomic E-state index is 0.294. The Kier molecular flexibility index (Phi) is 10.1. The van der Waals surface area contributed by atoms with Crippen molar-refractivity contribution in [1.29, 1.82) is 0 Å². The van der Waals surface area contributed by atoms with Crippen molar-refractivity contribution in [3.63, 3.8) is 0 Å². The predicted octanol–water partition coefficient (Wildman–Crippen LogP) is 4.09. The minimum Gasteiger partial charge on any atom is -0.345 e. The molecule has 0 aliphatic carbocycles. The van der Waals surface area contributed by atoms with Gasteiger partial charge in [-0.1, -0.05) is 38.7 Å². The Balaban J connectivity index is 3.04. The average molecular weight is 228 g/mol. The Bertz CT molecular complexity index is 199. The molecule has 3 heteroatoms. The number of carbonyl (C=O) groups is 1. The first-order chi connectivity index (χ1) is 7.66. The normalized spacial score (nSPS) is 10.1. The Morgan fingerprint density at radius 3 is 1.88 bits per heavy atom. The van der Waals surface area contributed by atoms with Gasteiger partial charge in [-0.05, 0) is 19.8 Å². The Hall–Kier alpha value is -0.830. The van der Waals surface area contributed by atoms with Crippen LogP contribution in [0.15, 0.2) is 12.3 Å². The third-order valence-corrected chi connectivity index (χ3v) is 2.61. The molecule has 0 aromatic rings. The molecule has 0 fully saturated rings. The third kappa shape index (κ3) is 11.2. The molecule has 0 spiro atoms. The summed E-state index contributed by atoms with van der Waals surface area (Å²) in [6, 6.07) is 0. The number of hydrogen-bond acceptors (Lipinski definition) is 3. The summed E-state index contributed by atoms with van der Waals surface area (Å²) in [6.45, 7) is 5.19. The van der Waals surface area contributed by atoms with Gasteiger partial charge in [0.2, 0.25) is 0 Å². The Morgan fingerprint density at radius 1 is 1.00 bits per heavy atom. The summed E-state index contributed by atoms with van der Waals surface area (Å²) in [4.78, 5) is 14.7. The number of Topliss-reactive ketones (excluding diaryl/α,β-unsaturated/α-hetero) is 1. The number of unbranched alkanes of at least 4 members (excludes halogenated alkanes) is 6. The van der Waals surface area contributed by atoms with Crippen LogP contribution in [0.25, 0.3) is 0 Å². The Morgan fingerprint density at radius 2 is 1.44 bits per heavy atom. The van der Waals surface area contributed by atoms with E-state index in [2.05, 4.69) is 11.5 Å². The zero-order chi connectivity index (χ0) is 12.2. The molecular weight excluding hydrogens is 204 g/mol. The quantitative estimate of drug-likeness (QED) is 0.251. The van der Waals surface area contributed by atoms with Crippen molar-refractivity contribution in [2.45, 2.75) is 64.7 Å². The van der Waals surface area contributed by atoms with Gasteiger partial charge in [0.05, 0.1) is 0 Å². The van der Waals surface area contributed by atoms with Gasteiger partial charge < -0.3 is 9.68 Å². The van der Waals surface area contributed by atoms with Crippen LogP contribution in [-0.2, 0) is 9.68 Å². The topological polar surface area (TPSA) is 46.5 Å². The van der Waals surface area contributed by atoms with E-state index in [1.165, 1.54) is 19.3 Å². The molecule has 0 heterocycles. The molecule has 0 radical (unpaired) electrons. The van der Waals surface area contributed by atoms with Crippen molar-refractivity contribution < 1.29 is 14.9 Å². The summed E-state index contributed by atoms with van der Waals surface area (Å²) in [6.07, 6.45) is 9.47. The maximum absolute atomic E-state index is 10.7. The van der Waals surface area contributed by atoms with Crippen molar-refractivity contribution in [2.24, 2.45) is 0 Å². The number of rotatable bonds is 11. The first kappa shape index (κ1) is 15.2. The van der Waals surface area contributed by atoms with Gasteiger partial charge in [0.1, 0.15) is 11.5 Å². The molecule has 0 amide bonds. The molecule has 3 nitrogen and oxygen atoms in total. The maximum atomic E-state index is 10.7. The molecule has 0 aromatic carbocycles. The smallest absolute Gasteiger partial charge is 0.135 e. The number of ketones is 1. The van der Waals surface area contributed by atoms with Crippen LogP contribution in [-0.4, -0.2) is 11.0 Å². The fourth-order valence-corrected chi connectivity index (χ4v) is 1.63. The van der Waals surface area contributed by atoms with Gasteiger partial charge in [0.25, 0.3) is 0 Å². The lowest BCUT2D eigenvalue weighted by molar-refractivity contribution is -0.205. The van der Waals surface area contributed by atoms with Crippen molar-refractivity contribution >= 4 is 5.78 Å². The highest BCUT2D eigenvalue weighted by Crippen LogP contribution is 2.12. The van der Waals surface area contributed by atoms with Crippen LogP contribution in [0.2, 0.25) is 0 Å². The second kappa shape index (κ2) is 10.7. The highest BCUT2D eigenvalue weighted by atomic mass is 17.1. The first-order valence-electron chi connectivity index (χ1n) is 6.15. The van der Waals surface area contributed by atoms with E-state index >= 15 is 0 Å². The van der Waals surface area contributed by atoms with Gasteiger partial charge in [-0.2, -0.15) is 0 Å². The zero-order valence-corrected chi connectivity index (χ0v) is 10.3. The largest absolute Gasteiger partial charge is 0.345 e. The number of carbonyl (C=O) groups excluding carboxylic acids is 1. The van der Waals surface area contributed by atoms with E-state index < -0.39 is 0 Å². The molecule has 0 aliphatic heterocycles. The lowest BCUT2D eigenvalue weighted by Gasteiger charge is -2.02. The first-order valence-corrected chi connectivity index (χ1v) is 6.15. The van der Waals surface area contributed by atoms with Crippen LogP contribution >= 0.6 is 0 Å². The molecule has 0 rings (SSSR count). The van der Waals surface area contributed by atoms with Gasteiger partial charge >= 0.3 is 0 Å². The van der Waals surface area contributed by atoms with Crippen LogP contribution in [0.4, 0.5) is 0 Å². The predicted molar refractivity (Wildman–Crippen MR) is 65.1 cm³/mol. The third-order valence-electron chi connectivity index (χ3n) is 2.61. The average Bonchev–Trinajstić information content (AvgIpc) is 2.26. The minimum absolute atomic E-state index is 0.294. The van der Waals surface area contributed by atoms with E-state index in [1.54, 1.807) is 6.92 Å². The van der Waals surface area contributed by atoms with E-state index in [0.717, 1.165) is 38.5 Å². The molecule has 16 heavy (non-hydrogen) atoms. The molecule has 0 unspecified atom stereocenters. The van der Waals surface area contributed by atoms with Crippen LogP contribution in [0, 0.1) is 0 Å². The Labute approximate surface area is 98.4 Å². The summed E-state index contributed by atoms with van der Waals surface area (Å²) >= 11 is 0. The lowest BCUT2D eigenvalue weighted by Crippen LogP contribution is -1.89. The van der Waals surface area contributed by atoms with Gasteiger partial charge in [0.15, 0.2) is 0 Å². The summed E-state index contributed by atoms with van der Waals surface area (Å²) < 4.78 is 0. The van der Waals surface area contributed by atoms with Gasteiger partial charge in [-0.25, -0.2) is 5.26 Å². The van der Waals surface area contributed by atoms with Crippen LogP contribution < -0.4 is 0 Å². The fourth-order valence-electron chi connectivity index (χ4n) is 1.63. The number of allylic oxidation sites excluding steroid dienone is 1. The molecule has 0 atom stereocenters. The summed E-state index contributed by atoms with van der Waals surface area (Å²) in [7, 11) is 0. The lowest BCUT2D eigenvalue weighted by atomic mass is 10.1. The molecule has 0 aliphatic rings. The standard InChI is InChI=1S/C13H24O3/c1-12(14)10-8-6-4-3-5-7-9-11-13(2)16-15/h15H,2-11H2,1H3. The van der Waals surface area contributed by atoms with E-state index in [0.29, 0.717) is 11.5 Å². The molecule has 0 saturated heterocycles. The van der Waals surface area contributed by atoms with Gasteiger partial charge in [-0.15, -0.1) is 0 Å². The van der Waals surface area contributed by atoms with Gasteiger partial charge in [-0.3, -0.25) is 0 Å². The fraction of sp³-hybridized carbons (Fsp3) is 0.769. The summed E-state index contributed by atoms with van der Waals surface area (Å²) in [5, 5.41) is 8.25. The second-order valence-electron chi connectivity index (χ2n) is 4.31. The van der Waals surface area contributed by atoms with Crippen LogP contribution in [0.3, 0.4) is 0 Å². The molecular formula is C13H24O3. The molecule has 1 N–H and O–H groups in total. The van der Waals surface area contributed by atoms with E-state index in [1.807, 2.05) is 0 Å². The molecule has 0 saturated carbocycles. The van der Waals surface area contributed by atoms with E-state index in [9.17, 15) is 4.79 Å². The van der Waals surface area contributed by atoms with Crippen LogP contribution in [0.5, 0.6) is 0 Å². The van der Waals surface area contributed by atoms with Gasteiger partial charge in [0, 0.05) is 12.8 Å². The van der Waals surface area contributed by atoms with E-state index in [4.69, 9.17) is 5.26 Å². The van der Waals surface area contributed by atoms with Crippen molar-refractivity contribution in [3.8, 4) is 0 Å². The second-order valence-corrected chi connectivity index (χ2v) is 4.31. The van der Waals surface area contributed by atoms with E-state index in [-0.39, 0.29) is 0 Å². The SMILES string of the molecule is C=C(CCCCCCCCCC(C)=O)OO. The van der Waals surface area contributed by atoms with Crippen LogP contribution in [0.1, 0.15) is 64.7 Å². The summed E-state index contributed by atoms with van der Waals surface area (Å²) in [5.41, 5.74) is 0. The summed E-state index contributed by atoms with van der Waals surface area (Å²) in [5.74, 6) is 0.740. The van der Waals surface area contributed by atoms with Crippen molar-refractivity contribution in [2.75, 3.05) is 0 Å². The maximum Gasteiger partial charge on any atom is 0.135 e. The zero-order valence-electron chi connectivity index (χ0n) is 10.3. The molecule has 94 valence electrons. The molecule has 0 aromatic heterocycles. The highest BCUT2D eigenvalue weighted by molar-refractivity contribution is 5.75.